The molecule has 0 radical (unpaired) electrons. The lowest BCUT2D eigenvalue weighted by atomic mass is 10.1. The van der Waals surface area contributed by atoms with Crippen molar-refractivity contribution in [2.24, 2.45) is 5.84 Å². The van der Waals surface area contributed by atoms with Crippen LogP contribution in [0.15, 0.2) is 0 Å². The van der Waals surface area contributed by atoms with Gasteiger partial charge in [-0.25, -0.2) is 5.84 Å². The van der Waals surface area contributed by atoms with E-state index in [2.05, 4.69) is 39.1 Å². The van der Waals surface area contributed by atoms with E-state index in [0.29, 0.717) is 18.5 Å². The van der Waals surface area contributed by atoms with Crippen molar-refractivity contribution in [2.75, 3.05) is 44.1 Å². The minimum atomic E-state index is -0.127. The van der Waals surface area contributed by atoms with Crippen molar-refractivity contribution < 1.29 is 4.74 Å². The summed E-state index contributed by atoms with van der Waals surface area (Å²) >= 11 is 0. The van der Waals surface area contributed by atoms with E-state index in [-0.39, 0.29) is 11.5 Å². The van der Waals surface area contributed by atoms with Crippen LogP contribution in [-0.2, 0) is 0 Å². The Morgan fingerprint density at radius 2 is 1.76 bits per heavy atom. The number of ether oxygens (including phenoxy) is 1. The molecule has 0 spiro atoms. The maximum Gasteiger partial charge on any atom is 0.323 e. The minimum Gasteiger partial charge on any atom is -0.461 e. The van der Waals surface area contributed by atoms with Crippen LogP contribution < -0.4 is 20.9 Å². The van der Waals surface area contributed by atoms with Crippen LogP contribution in [0.4, 0.5) is 11.9 Å². The van der Waals surface area contributed by atoms with Crippen LogP contribution in [0.5, 0.6) is 6.01 Å². The quantitative estimate of drug-likeness (QED) is 0.536. The molecule has 8 heteroatoms. The highest BCUT2D eigenvalue weighted by Crippen LogP contribution is 2.17. The maximum atomic E-state index is 5.73. The van der Waals surface area contributed by atoms with Crippen LogP contribution in [0.2, 0.25) is 0 Å². The van der Waals surface area contributed by atoms with Gasteiger partial charge in [-0.05, 0) is 41.8 Å². The second kappa shape index (κ2) is 7.37. The molecule has 0 atom stereocenters. The Morgan fingerprint density at radius 1 is 1.14 bits per heavy atom. The zero-order valence-electron chi connectivity index (χ0n) is 13.8. The summed E-state index contributed by atoms with van der Waals surface area (Å²) in [4.78, 5) is 16.8. The third-order valence-corrected chi connectivity index (χ3v) is 3.54. The molecule has 0 saturated heterocycles. The number of likely N-dealkylation sites (N-methyl/N-ethyl adjacent to an activating group) is 1. The maximum absolute atomic E-state index is 5.73. The molecule has 0 amide bonds. The Bertz CT molecular complexity index is 446. The molecule has 21 heavy (non-hydrogen) atoms. The highest BCUT2D eigenvalue weighted by Gasteiger charge is 2.22. The SMILES string of the molecule is CCN(CC)c1nc(NN)nc(OCC(C)(C)N(C)C)n1. The van der Waals surface area contributed by atoms with E-state index in [1.165, 1.54) is 0 Å². The Morgan fingerprint density at radius 3 is 2.24 bits per heavy atom. The molecule has 0 bridgehead atoms. The fraction of sp³-hybridized carbons (Fsp3) is 0.769. The molecule has 0 aliphatic rings. The lowest BCUT2D eigenvalue weighted by Crippen LogP contribution is -2.43. The molecule has 1 aromatic heterocycles. The van der Waals surface area contributed by atoms with E-state index in [4.69, 9.17) is 10.6 Å². The fourth-order valence-electron chi connectivity index (χ4n) is 1.49. The number of nitrogens with one attached hydrogen (secondary N) is 1. The van der Waals surface area contributed by atoms with E-state index < -0.39 is 0 Å². The minimum absolute atomic E-state index is 0.127. The van der Waals surface area contributed by atoms with Crippen LogP contribution in [0, 0.1) is 0 Å². The molecule has 0 aliphatic carbocycles. The normalized spacial score (nSPS) is 11.6. The molecule has 0 saturated carbocycles. The first-order chi connectivity index (χ1) is 9.83. The van der Waals surface area contributed by atoms with Crippen LogP contribution in [0.25, 0.3) is 0 Å². The van der Waals surface area contributed by atoms with Gasteiger partial charge in [-0.1, -0.05) is 0 Å². The topological polar surface area (TPSA) is 92.4 Å². The molecule has 3 N–H and O–H groups in total. The molecule has 1 heterocycles. The number of rotatable bonds is 8. The Hall–Kier alpha value is -1.67. The molecule has 1 rings (SSSR count). The second-order valence-electron chi connectivity index (χ2n) is 5.55. The van der Waals surface area contributed by atoms with E-state index >= 15 is 0 Å². The van der Waals surface area contributed by atoms with Gasteiger partial charge in [-0.2, -0.15) is 15.0 Å². The van der Waals surface area contributed by atoms with Gasteiger partial charge in [-0.3, -0.25) is 5.43 Å². The summed E-state index contributed by atoms with van der Waals surface area (Å²) in [5, 5.41) is 0. The molecule has 0 aromatic carbocycles. The Balaban J connectivity index is 2.94. The summed E-state index contributed by atoms with van der Waals surface area (Å²) in [6.07, 6.45) is 0. The first-order valence-corrected chi connectivity index (χ1v) is 7.11. The number of nitrogen functional groups attached to an aromatic ring is 1. The van der Waals surface area contributed by atoms with Crippen molar-refractivity contribution in [2.45, 2.75) is 33.2 Å². The van der Waals surface area contributed by atoms with Gasteiger partial charge >= 0.3 is 6.01 Å². The third-order valence-electron chi connectivity index (χ3n) is 3.54. The molecule has 0 unspecified atom stereocenters. The van der Waals surface area contributed by atoms with Crippen LogP contribution >= 0.6 is 0 Å². The largest absolute Gasteiger partial charge is 0.461 e. The van der Waals surface area contributed by atoms with Crippen molar-refractivity contribution in [3.8, 4) is 6.01 Å². The van der Waals surface area contributed by atoms with Gasteiger partial charge in [0.2, 0.25) is 11.9 Å². The monoisotopic (exact) mass is 297 g/mol. The van der Waals surface area contributed by atoms with Crippen LogP contribution in [-0.4, -0.2) is 59.2 Å². The van der Waals surface area contributed by atoms with Crippen molar-refractivity contribution in [1.82, 2.24) is 19.9 Å². The van der Waals surface area contributed by atoms with Crippen LogP contribution in [0.1, 0.15) is 27.7 Å². The molecule has 8 nitrogen and oxygen atoms in total. The van der Waals surface area contributed by atoms with Gasteiger partial charge in [0.1, 0.15) is 6.61 Å². The van der Waals surface area contributed by atoms with Gasteiger partial charge in [0.15, 0.2) is 0 Å². The number of hydrogen-bond acceptors (Lipinski definition) is 8. The number of aromatic nitrogens is 3. The third kappa shape index (κ3) is 4.68. The van der Waals surface area contributed by atoms with Gasteiger partial charge < -0.3 is 14.5 Å². The zero-order valence-corrected chi connectivity index (χ0v) is 13.8. The first kappa shape index (κ1) is 17.4. The molecular weight excluding hydrogens is 270 g/mol. The van der Waals surface area contributed by atoms with Gasteiger partial charge in [-0.15, -0.1) is 0 Å². The van der Waals surface area contributed by atoms with Crippen molar-refractivity contribution >= 4 is 11.9 Å². The summed E-state index contributed by atoms with van der Waals surface area (Å²) in [5.74, 6) is 6.27. The first-order valence-electron chi connectivity index (χ1n) is 7.11. The number of nitrogens with two attached hydrogens (primary N) is 1. The van der Waals surface area contributed by atoms with Crippen molar-refractivity contribution in [3.05, 3.63) is 0 Å². The van der Waals surface area contributed by atoms with E-state index in [1.54, 1.807) is 0 Å². The highest BCUT2D eigenvalue weighted by atomic mass is 16.5. The summed E-state index contributed by atoms with van der Waals surface area (Å²) in [6, 6.07) is 0.273. The number of anilines is 2. The number of hydrogen-bond donors (Lipinski definition) is 2. The molecule has 0 fully saturated rings. The molecule has 0 aliphatic heterocycles. The predicted octanol–water partition coefficient (Wildman–Crippen LogP) is 0.722. The number of nitrogens with zero attached hydrogens (tertiary/aromatic N) is 5. The fourth-order valence-corrected chi connectivity index (χ4v) is 1.49. The standard InChI is InChI=1S/C13H27N7O/c1-7-20(8-2)11-15-10(18-14)16-12(17-11)21-9-13(3,4)19(5)6/h7-9,14H2,1-6H3,(H,15,16,17,18). The predicted molar refractivity (Wildman–Crippen MR) is 84.5 cm³/mol. The van der Waals surface area contributed by atoms with Gasteiger partial charge in [0.05, 0.1) is 0 Å². The molecule has 1 aromatic rings. The lowest BCUT2D eigenvalue weighted by molar-refractivity contribution is 0.108. The zero-order chi connectivity index (χ0) is 16.0. The Labute approximate surface area is 126 Å². The average Bonchev–Trinajstić information content (AvgIpc) is 2.46. The number of hydrazine groups is 1. The van der Waals surface area contributed by atoms with Crippen molar-refractivity contribution in [3.63, 3.8) is 0 Å². The summed E-state index contributed by atoms with van der Waals surface area (Å²) in [5.41, 5.74) is 2.32. The van der Waals surface area contributed by atoms with E-state index in [1.807, 2.05) is 32.8 Å². The summed E-state index contributed by atoms with van der Waals surface area (Å²) in [7, 11) is 4.01. The van der Waals surface area contributed by atoms with E-state index in [9.17, 15) is 0 Å². The van der Waals surface area contributed by atoms with Crippen LogP contribution in [0.3, 0.4) is 0 Å². The summed E-state index contributed by atoms with van der Waals surface area (Å²) < 4.78 is 5.73. The second-order valence-corrected chi connectivity index (χ2v) is 5.55. The Kier molecular flexibility index (Phi) is 6.10. The lowest BCUT2D eigenvalue weighted by Gasteiger charge is -2.31. The van der Waals surface area contributed by atoms with E-state index in [0.717, 1.165) is 13.1 Å². The molecule has 120 valence electrons. The smallest absolute Gasteiger partial charge is 0.323 e. The average molecular weight is 297 g/mol. The van der Waals surface area contributed by atoms with Gasteiger partial charge in [0.25, 0.3) is 0 Å². The van der Waals surface area contributed by atoms with Gasteiger partial charge in [0, 0.05) is 18.6 Å². The highest BCUT2D eigenvalue weighted by molar-refractivity contribution is 5.37. The van der Waals surface area contributed by atoms with Crippen molar-refractivity contribution in [1.29, 1.82) is 0 Å². The molecular formula is C13H27N7O. The summed E-state index contributed by atoms with van der Waals surface area (Å²) in [6.45, 7) is 10.3.